The molecule has 25 heavy (non-hydrogen) atoms. The van der Waals surface area contributed by atoms with E-state index in [-0.39, 0.29) is 11.8 Å². The molecule has 0 bridgehead atoms. The second kappa shape index (κ2) is 6.02. The summed E-state index contributed by atoms with van der Waals surface area (Å²) in [5, 5.41) is 5.00. The molecule has 0 unspecified atom stereocenters. The number of piperidine rings is 1. The number of fused-ring (bicyclic) bond motifs is 1. The number of rotatable bonds is 2. The zero-order valence-electron chi connectivity index (χ0n) is 14.7. The van der Waals surface area contributed by atoms with Crippen molar-refractivity contribution in [2.75, 3.05) is 13.1 Å². The van der Waals surface area contributed by atoms with Crippen molar-refractivity contribution in [2.45, 2.75) is 33.6 Å². The molecule has 1 amide bonds. The molecule has 0 spiro atoms. The maximum Gasteiger partial charge on any atom is 0.316 e. The number of benzene rings is 1. The van der Waals surface area contributed by atoms with E-state index in [4.69, 9.17) is 8.94 Å². The van der Waals surface area contributed by atoms with E-state index >= 15 is 0 Å². The highest BCUT2D eigenvalue weighted by Gasteiger charge is 2.27. The fourth-order valence-electron chi connectivity index (χ4n) is 3.35. The van der Waals surface area contributed by atoms with Crippen LogP contribution >= 0.6 is 0 Å². The van der Waals surface area contributed by atoms with Crippen molar-refractivity contribution in [3.63, 3.8) is 0 Å². The SMILES string of the molecule is Cc1c(-c2noc(C(=O)N3CCC(C)CC3)n2)oc2c(C)cccc12. The summed E-state index contributed by atoms with van der Waals surface area (Å²) in [7, 11) is 0. The number of amides is 1. The molecule has 3 aromatic rings. The number of likely N-dealkylation sites (tertiary alicyclic amines) is 1. The van der Waals surface area contributed by atoms with E-state index < -0.39 is 0 Å². The third-order valence-corrected chi connectivity index (χ3v) is 5.04. The van der Waals surface area contributed by atoms with E-state index in [1.807, 2.05) is 32.0 Å². The first-order valence-electron chi connectivity index (χ1n) is 8.66. The Morgan fingerprint density at radius 2 is 2.00 bits per heavy atom. The van der Waals surface area contributed by atoms with Crippen LogP contribution < -0.4 is 0 Å². The molecular weight excluding hydrogens is 318 g/mol. The van der Waals surface area contributed by atoms with Crippen LogP contribution in [0, 0.1) is 19.8 Å². The smallest absolute Gasteiger partial charge is 0.316 e. The first-order valence-corrected chi connectivity index (χ1v) is 8.66. The van der Waals surface area contributed by atoms with Gasteiger partial charge in [0, 0.05) is 24.0 Å². The van der Waals surface area contributed by atoms with E-state index in [9.17, 15) is 4.79 Å². The van der Waals surface area contributed by atoms with Crippen LogP contribution in [-0.2, 0) is 0 Å². The van der Waals surface area contributed by atoms with Crippen LogP contribution in [0.5, 0.6) is 0 Å². The number of aromatic nitrogens is 2. The molecule has 1 aromatic carbocycles. The van der Waals surface area contributed by atoms with Crippen molar-refractivity contribution >= 4 is 16.9 Å². The fraction of sp³-hybridized carbons (Fsp3) is 0.421. The lowest BCUT2D eigenvalue weighted by Gasteiger charge is -2.28. The maximum absolute atomic E-state index is 12.6. The second-order valence-electron chi connectivity index (χ2n) is 6.91. The molecule has 1 saturated heterocycles. The van der Waals surface area contributed by atoms with Gasteiger partial charge in [-0.15, -0.1) is 0 Å². The van der Waals surface area contributed by atoms with Crippen molar-refractivity contribution in [3.05, 3.63) is 35.2 Å². The fourth-order valence-corrected chi connectivity index (χ4v) is 3.35. The molecule has 0 saturated carbocycles. The molecule has 6 nitrogen and oxygen atoms in total. The van der Waals surface area contributed by atoms with Crippen LogP contribution in [-0.4, -0.2) is 34.0 Å². The number of hydrogen-bond donors (Lipinski definition) is 0. The zero-order valence-corrected chi connectivity index (χ0v) is 14.7. The molecule has 0 aliphatic carbocycles. The van der Waals surface area contributed by atoms with Gasteiger partial charge in [-0.1, -0.05) is 30.3 Å². The van der Waals surface area contributed by atoms with E-state index in [0.717, 1.165) is 48.0 Å². The number of aryl methyl sites for hydroxylation is 2. The first kappa shape index (κ1) is 15.9. The number of para-hydroxylation sites is 1. The summed E-state index contributed by atoms with van der Waals surface area (Å²) in [5.74, 6) is 1.36. The topological polar surface area (TPSA) is 72.4 Å². The van der Waals surface area contributed by atoms with E-state index in [1.165, 1.54) is 0 Å². The highest BCUT2D eigenvalue weighted by Crippen LogP contribution is 2.33. The molecular formula is C19H21N3O3. The van der Waals surface area contributed by atoms with Gasteiger partial charge in [0.2, 0.25) is 5.82 Å². The summed E-state index contributed by atoms with van der Waals surface area (Å²) >= 11 is 0. The van der Waals surface area contributed by atoms with Crippen molar-refractivity contribution in [3.8, 4) is 11.6 Å². The summed E-state index contributed by atoms with van der Waals surface area (Å²) in [6, 6.07) is 6.00. The van der Waals surface area contributed by atoms with Gasteiger partial charge in [-0.25, -0.2) is 0 Å². The summed E-state index contributed by atoms with van der Waals surface area (Å²) in [4.78, 5) is 18.6. The standard InChI is InChI=1S/C19H21N3O3/c1-11-7-9-22(10-8-11)19(23)18-20-17(21-25-18)16-13(3)14-6-4-5-12(2)15(14)24-16/h4-6,11H,7-10H2,1-3H3. The largest absolute Gasteiger partial charge is 0.452 e. The minimum absolute atomic E-state index is 0.0288. The minimum Gasteiger partial charge on any atom is -0.452 e. The number of nitrogens with zero attached hydrogens (tertiary/aromatic N) is 3. The summed E-state index contributed by atoms with van der Waals surface area (Å²) in [5.41, 5.74) is 2.82. The van der Waals surface area contributed by atoms with Gasteiger partial charge in [0.1, 0.15) is 5.58 Å². The van der Waals surface area contributed by atoms with Crippen molar-refractivity contribution in [1.29, 1.82) is 0 Å². The molecule has 4 rings (SSSR count). The maximum atomic E-state index is 12.6. The molecule has 1 aliphatic heterocycles. The minimum atomic E-state index is -0.199. The third-order valence-electron chi connectivity index (χ3n) is 5.04. The number of hydrogen-bond acceptors (Lipinski definition) is 5. The number of carbonyl (C=O) groups is 1. The van der Waals surface area contributed by atoms with Gasteiger partial charge in [-0.05, 0) is 38.2 Å². The first-order chi connectivity index (χ1) is 12.0. The van der Waals surface area contributed by atoms with E-state index in [0.29, 0.717) is 17.5 Å². The lowest BCUT2D eigenvalue weighted by Crippen LogP contribution is -2.38. The van der Waals surface area contributed by atoms with Crippen LogP contribution in [0.1, 0.15) is 41.6 Å². The van der Waals surface area contributed by atoms with Crippen molar-refractivity contribution in [1.82, 2.24) is 15.0 Å². The lowest BCUT2D eigenvalue weighted by atomic mass is 9.99. The van der Waals surface area contributed by atoms with Crippen LogP contribution in [0.4, 0.5) is 0 Å². The average molecular weight is 339 g/mol. The van der Waals surface area contributed by atoms with E-state index in [1.54, 1.807) is 4.90 Å². The number of furan rings is 1. The molecule has 0 N–H and O–H groups in total. The van der Waals surface area contributed by atoms with Crippen LogP contribution in [0.15, 0.2) is 27.1 Å². The quantitative estimate of drug-likeness (QED) is 0.706. The van der Waals surface area contributed by atoms with Crippen LogP contribution in [0.25, 0.3) is 22.6 Å². The summed E-state index contributed by atoms with van der Waals surface area (Å²) < 4.78 is 11.2. The Kier molecular flexibility index (Phi) is 3.82. The zero-order chi connectivity index (χ0) is 17.6. The van der Waals surface area contributed by atoms with Crippen molar-refractivity contribution in [2.24, 2.45) is 5.92 Å². The lowest BCUT2D eigenvalue weighted by molar-refractivity contribution is 0.0647. The van der Waals surface area contributed by atoms with Crippen LogP contribution in [0.3, 0.4) is 0 Å². The highest BCUT2D eigenvalue weighted by molar-refractivity contribution is 5.91. The third kappa shape index (κ3) is 2.71. The average Bonchev–Trinajstić information content (AvgIpc) is 3.21. The predicted molar refractivity (Wildman–Crippen MR) is 93.3 cm³/mol. The molecule has 1 aliphatic rings. The Labute approximate surface area is 145 Å². The van der Waals surface area contributed by atoms with Crippen molar-refractivity contribution < 1.29 is 13.7 Å². The Bertz CT molecular complexity index is 933. The molecule has 0 radical (unpaired) electrons. The Morgan fingerprint density at radius 3 is 2.72 bits per heavy atom. The van der Waals surface area contributed by atoms with Gasteiger partial charge in [-0.2, -0.15) is 4.98 Å². The van der Waals surface area contributed by atoms with Crippen LogP contribution in [0.2, 0.25) is 0 Å². The Morgan fingerprint density at radius 1 is 1.24 bits per heavy atom. The second-order valence-corrected chi connectivity index (χ2v) is 6.91. The Hall–Kier alpha value is -2.63. The predicted octanol–water partition coefficient (Wildman–Crippen LogP) is 3.97. The monoisotopic (exact) mass is 339 g/mol. The molecule has 2 aromatic heterocycles. The van der Waals surface area contributed by atoms with Gasteiger partial charge in [-0.3, -0.25) is 4.79 Å². The summed E-state index contributed by atoms with van der Waals surface area (Å²) in [6.45, 7) is 7.64. The molecule has 1 fully saturated rings. The van der Waals surface area contributed by atoms with Gasteiger partial charge in [0.05, 0.1) is 0 Å². The van der Waals surface area contributed by atoms with Gasteiger partial charge in [0.25, 0.3) is 0 Å². The molecule has 6 heteroatoms. The van der Waals surface area contributed by atoms with Gasteiger partial charge in [0.15, 0.2) is 5.76 Å². The van der Waals surface area contributed by atoms with Gasteiger partial charge < -0.3 is 13.8 Å². The van der Waals surface area contributed by atoms with E-state index in [2.05, 4.69) is 17.1 Å². The normalized spacial score (nSPS) is 15.9. The summed E-state index contributed by atoms with van der Waals surface area (Å²) in [6.07, 6.45) is 2.02. The molecule has 3 heterocycles. The molecule has 130 valence electrons. The van der Waals surface area contributed by atoms with Gasteiger partial charge >= 0.3 is 11.8 Å². The highest BCUT2D eigenvalue weighted by atomic mass is 16.5. The molecule has 0 atom stereocenters. The number of carbonyl (C=O) groups excluding carboxylic acids is 1. The Balaban J connectivity index is 1.64.